The fourth-order valence-electron chi connectivity index (χ4n) is 5.27. The van der Waals surface area contributed by atoms with E-state index in [1.54, 1.807) is 6.92 Å². The van der Waals surface area contributed by atoms with Crippen molar-refractivity contribution in [1.82, 2.24) is 5.32 Å². The Morgan fingerprint density at radius 1 is 0.879 bits per heavy atom. The zero-order valence-corrected chi connectivity index (χ0v) is 22.7. The molecule has 0 aromatic carbocycles. The van der Waals surface area contributed by atoms with Crippen LogP contribution in [0, 0.1) is 0 Å². The summed E-state index contributed by atoms with van der Waals surface area (Å²) in [5, 5.41) is 3.10. The van der Waals surface area contributed by atoms with Gasteiger partial charge in [0.2, 0.25) is 5.91 Å². The van der Waals surface area contributed by atoms with Crippen LogP contribution in [0.3, 0.4) is 0 Å². The van der Waals surface area contributed by atoms with Crippen LogP contribution in [0.4, 0.5) is 0 Å². The van der Waals surface area contributed by atoms with Gasteiger partial charge in [-0.25, -0.2) is 4.99 Å². The first kappa shape index (κ1) is 29.9. The van der Waals surface area contributed by atoms with Gasteiger partial charge in [0, 0.05) is 20.3 Å². The van der Waals surface area contributed by atoms with Crippen molar-refractivity contribution in [3.8, 4) is 0 Å². The predicted molar refractivity (Wildman–Crippen MR) is 145 cm³/mol. The maximum atomic E-state index is 11.5. The van der Waals surface area contributed by atoms with Gasteiger partial charge in [0.1, 0.15) is 6.54 Å². The summed E-state index contributed by atoms with van der Waals surface area (Å²) in [6.45, 7) is 11.1. The Labute approximate surface area is 206 Å². The molecular weight excluding hydrogens is 406 g/mol. The molecule has 0 radical (unpaired) electrons. The van der Waals surface area contributed by atoms with Gasteiger partial charge < -0.3 is 5.32 Å². The number of carbonyl (C=O) groups excluding carboxylic acids is 1. The van der Waals surface area contributed by atoms with Gasteiger partial charge in [0.25, 0.3) is 0 Å². The van der Waals surface area contributed by atoms with Crippen molar-refractivity contribution in [2.75, 3.05) is 19.6 Å². The third kappa shape index (κ3) is 12.8. The van der Waals surface area contributed by atoms with Gasteiger partial charge in [0.15, 0.2) is 12.0 Å². The van der Waals surface area contributed by atoms with Gasteiger partial charge in [-0.1, -0.05) is 96.1 Å². The van der Waals surface area contributed by atoms with Crippen LogP contribution < -0.4 is 5.32 Å². The molecule has 0 spiro atoms. The van der Waals surface area contributed by atoms with E-state index in [9.17, 15) is 4.79 Å². The molecule has 1 rings (SSSR count). The number of nitrogens with one attached hydrogen (secondary N) is 1. The maximum Gasteiger partial charge on any atom is 0.221 e. The number of allylic oxidation sites excluding steroid dienone is 2. The number of unbranched alkanes of at least 4 members (excludes halogenated alkanes) is 14. The van der Waals surface area contributed by atoms with Gasteiger partial charge in [-0.2, -0.15) is 0 Å². The Morgan fingerprint density at radius 3 is 1.91 bits per heavy atom. The zero-order valence-electron chi connectivity index (χ0n) is 22.7. The number of aliphatic imine (C=N–C) groups is 1. The van der Waals surface area contributed by atoms with Crippen LogP contribution in [-0.2, 0) is 4.79 Å². The average molecular weight is 463 g/mol. The maximum absolute atomic E-state index is 11.5. The van der Waals surface area contributed by atoms with Gasteiger partial charge >= 0.3 is 0 Å². The topological polar surface area (TPSA) is 41.5 Å². The fraction of sp³-hybridized carbons (Fsp3) is 0.862. The fourth-order valence-corrected chi connectivity index (χ4v) is 5.27. The van der Waals surface area contributed by atoms with Crippen molar-refractivity contribution >= 4 is 11.7 Å². The van der Waals surface area contributed by atoms with Crippen molar-refractivity contribution < 1.29 is 9.28 Å². The molecule has 0 saturated carbocycles. The molecule has 192 valence electrons. The predicted octanol–water partition coefficient (Wildman–Crippen LogP) is 7.93. The molecule has 1 heterocycles. The Hall–Kier alpha value is -1.16. The highest BCUT2D eigenvalue weighted by molar-refractivity contribution is 5.78. The summed E-state index contributed by atoms with van der Waals surface area (Å²) in [4.78, 5) is 16.4. The summed E-state index contributed by atoms with van der Waals surface area (Å²) >= 11 is 0. The standard InChI is InChI=1S/C29H55N3O/c1-5-7-8-9-10-11-12-13-14-15-16-17-18-19-20-21-22-23-24-29-30-25-26-32(29,6-2)27(3)31-28(4)33/h20-21,27H,5-19,22-26H2,1-4H3/p+1/b21-20+. The molecule has 2 atom stereocenters. The number of hydrogen-bond donors (Lipinski definition) is 1. The summed E-state index contributed by atoms with van der Waals surface area (Å²) in [5.41, 5.74) is 0. The highest BCUT2D eigenvalue weighted by Gasteiger charge is 2.41. The lowest BCUT2D eigenvalue weighted by atomic mass is 10.0. The minimum atomic E-state index is 0.0517. The molecule has 4 heteroatoms. The average Bonchev–Trinajstić information content (AvgIpc) is 3.22. The minimum Gasteiger partial charge on any atom is -0.307 e. The molecule has 0 bridgehead atoms. The van der Waals surface area contributed by atoms with E-state index in [-0.39, 0.29) is 12.1 Å². The van der Waals surface area contributed by atoms with Crippen molar-refractivity contribution in [2.45, 2.75) is 143 Å². The normalized spacial score (nSPS) is 19.2. The van der Waals surface area contributed by atoms with Crippen molar-refractivity contribution in [3.63, 3.8) is 0 Å². The van der Waals surface area contributed by atoms with Gasteiger partial charge in [-0.05, 0) is 32.6 Å². The molecule has 0 saturated heterocycles. The molecule has 0 aliphatic carbocycles. The van der Waals surface area contributed by atoms with E-state index in [2.05, 4.69) is 38.2 Å². The van der Waals surface area contributed by atoms with E-state index in [1.165, 1.54) is 95.7 Å². The molecule has 1 N–H and O–H groups in total. The van der Waals surface area contributed by atoms with Crippen molar-refractivity contribution in [1.29, 1.82) is 0 Å². The number of amidine groups is 1. The molecular formula is C29H56N3O+. The molecule has 0 aromatic rings. The van der Waals surface area contributed by atoms with Crippen LogP contribution in [0.1, 0.15) is 137 Å². The second kappa shape index (κ2) is 19.2. The Kier molecular flexibility index (Phi) is 17.4. The second-order valence-electron chi connectivity index (χ2n) is 10.1. The summed E-state index contributed by atoms with van der Waals surface area (Å²) in [5.74, 6) is 1.33. The first-order chi connectivity index (χ1) is 16.1. The summed E-state index contributed by atoms with van der Waals surface area (Å²) in [6.07, 6.45) is 27.9. The summed E-state index contributed by atoms with van der Waals surface area (Å²) in [6, 6.07) is 0. The number of quaternary nitrogens is 1. The number of rotatable bonds is 21. The lowest BCUT2D eigenvalue weighted by Gasteiger charge is -2.39. The summed E-state index contributed by atoms with van der Waals surface area (Å²) in [7, 11) is 0. The first-order valence-electron chi connectivity index (χ1n) is 14.4. The largest absolute Gasteiger partial charge is 0.307 e. The number of amides is 1. The number of likely N-dealkylation sites (N-methyl/N-ethyl adjacent to an activating group) is 1. The molecule has 1 aliphatic rings. The Balaban J connectivity index is 2.00. The monoisotopic (exact) mass is 462 g/mol. The Morgan fingerprint density at radius 2 is 1.39 bits per heavy atom. The van der Waals surface area contributed by atoms with Crippen molar-refractivity contribution in [3.05, 3.63) is 12.2 Å². The van der Waals surface area contributed by atoms with Crippen LogP contribution in [0.25, 0.3) is 0 Å². The number of carbonyl (C=O) groups is 1. The molecule has 1 aliphatic heterocycles. The Bertz CT molecular complexity index is 557. The van der Waals surface area contributed by atoms with E-state index < -0.39 is 0 Å². The lowest BCUT2D eigenvalue weighted by molar-refractivity contribution is -0.861. The van der Waals surface area contributed by atoms with Crippen LogP contribution in [0.5, 0.6) is 0 Å². The number of hydrogen-bond acceptors (Lipinski definition) is 2. The van der Waals surface area contributed by atoms with E-state index >= 15 is 0 Å². The highest BCUT2D eigenvalue weighted by atomic mass is 16.1. The molecule has 1 amide bonds. The van der Waals surface area contributed by atoms with E-state index in [1.807, 2.05) is 0 Å². The SMILES string of the molecule is CCCCCCCCCCCCCCC/C=C/CCCC1=NCC[N+]1(CC)C(C)NC(C)=O. The second-order valence-corrected chi connectivity index (χ2v) is 10.1. The highest BCUT2D eigenvalue weighted by Crippen LogP contribution is 2.22. The lowest BCUT2D eigenvalue weighted by Crippen LogP contribution is -2.62. The van der Waals surface area contributed by atoms with Crippen LogP contribution in [0.15, 0.2) is 17.1 Å². The third-order valence-corrected chi connectivity index (χ3v) is 7.44. The quantitative estimate of drug-likeness (QED) is 0.105. The molecule has 33 heavy (non-hydrogen) atoms. The van der Waals surface area contributed by atoms with E-state index in [4.69, 9.17) is 4.99 Å². The molecule has 4 nitrogen and oxygen atoms in total. The molecule has 0 fully saturated rings. The van der Waals surface area contributed by atoms with Crippen LogP contribution in [0.2, 0.25) is 0 Å². The smallest absolute Gasteiger partial charge is 0.221 e. The van der Waals surface area contributed by atoms with Gasteiger partial charge in [0.05, 0.1) is 13.1 Å². The first-order valence-corrected chi connectivity index (χ1v) is 14.4. The van der Waals surface area contributed by atoms with E-state index in [0.29, 0.717) is 0 Å². The zero-order chi connectivity index (χ0) is 24.2. The molecule has 2 unspecified atom stereocenters. The minimum absolute atomic E-state index is 0.0517. The molecule has 0 aromatic heterocycles. The van der Waals surface area contributed by atoms with Gasteiger partial charge in [-0.15, -0.1) is 0 Å². The van der Waals surface area contributed by atoms with E-state index in [0.717, 1.165) is 43.4 Å². The third-order valence-electron chi connectivity index (χ3n) is 7.44. The number of nitrogens with zero attached hydrogens (tertiary/aromatic N) is 2. The van der Waals surface area contributed by atoms with Crippen molar-refractivity contribution in [2.24, 2.45) is 4.99 Å². The van der Waals surface area contributed by atoms with Gasteiger partial charge in [-0.3, -0.25) is 9.28 Å². The van der Waals surface area contributed by atoms with Crippen LogP contribution >= 0.6 is 0 Å². The van der Waals surface area contributed by atoms with Crippen LogP contribution in [-0.4, -0.2) is 42.0 Å². The summed E-state index contributed by atoms with van der Waals surface area (Å²) < 4.78 is 0.836.